The van der Waals surface area contributed by atoms with Crippen LogP contribution in [0.5, 0.6) is 11.5 Å². The first-order valence-corrected chi connectivity index (χ1v) is 6.13. The van der Waals surface area contributed by atoms with Crippen LogP contribution in [0.3, 0.4) is 0 Å². The quantitative estimate of drug-likeness (QED) is 0.838. The highest BCUT2D eigenvalue weighted by molar-refractivity contribution is 5.50. The molecule has 0 unspecified atom stereocenters. The Hall–Kier alpha value is -1.26. The molecule has 1 aromatic carbocycles. The summed E-state index contributed by atoms with van der Waals surface area (Å²) in [6, 6.07) is 4.04. The fourth-order valence-electron chi connectivity index (χ4n) is 2.20. The molecule has 18 heavy (non-hydrogen) atoms. The minimum atomic E-state index is -0.0516. The Bertz CT molecular complexity index is 427. The van der Waals surface area contributed by atoms with Gasteiger partial charge in [-0.2, -0.15) is 0 Å². The molecule has 0 aromatic heterocycles. The highest BCUT2D eigenvalue weighted by atomic mass is 16.5. The van der Waals surface area contributed by atoms with E-state index in [2.05, 4.69) is 6.07 Å². The van der Waals surface area contributed by atoms with Crippen LogP contribution < -0.4 is 15.2 Å². The lowest BCUT2D eigenvalue weighted by Crippen LogP contribution is -2.25. The summed E-state index contributed by atoms with van der Waals surface area (Å²) < 4.78 is 16.0. The predicted molar refractivity (Wildman–Crippen MR) is 70.1 cm³/mol. The lowest BCUT2D eigenvalue weighted by Gasteiger charge is -2.17. The van der Waals surface area contributed by atoms with Crippen molar-refractivity contribution >= 4 is 0 Å². The minimum Gasteiger partial charge on any atom is -0.493 e. The van der Waals surface area contributed by atoms with Gasteiger partial charge in [-0.3, -0.25) is 0 Å². The van der Waals surface area contributed by atoms with Crippen molar-refractivity contribution in [1.82, 2.24) is 0 Å². The van der Waals surface area contributed by atoms with E-state index in [1.54, 1.807) is 21.3 Å². The van der Waals surface area contributed by atoms with Crippen LogP contribution in [-0.4, -0.2) is 26.9 Å². The van der Waals surface area contributed by atoms with Crippen molar-refractivity contribution in [2.75, 3.05) is 21.3 Å². The van der Waals surface area contributed by atoms with Gasteiger partial charge in [-0.05, 0) is 37.0 Å². The lowest BCUT2D eigenvalue weighted by atomic mass is 10.0. The van der Waals surface area contributed by atoms with Crippen LogP contribution in [-0.2, 0) is 17.8 Å². The Labute approximate surface area is 108 Å². The van der Waals surface area contributed by atoms with E-state index in [0.717, 1.165) is 41.9 Å². The molecular weight excluding hydrogens is 230 g/mol. The Morgan fingerprint density at radius 1 is 1.17 bits per heavy atom. The molecule has 0 spiro atoms. The number of hydrogen-bond donors (Lipinski definition) is 1. The molecule has 4 nitrogen and oxygen atoms in total. The first-order valence-electron chi connectivity index (χ1n) is 6.13. The number of nitrogens with two attached hydrogens (primary N) is 1. The maximum Gasteiger partial charge on any atom is 0.163 e. The van der Waals surface area contributed by atoms with E-state index in [1.807, 2.05) is 6.07 Å². The average Bonchev–Trinajstić information content (AvgIpc) is 3.06. The summed E-state index contributed by atoms with van der Waals surface area (Å²) in [5.74, 6) is 1.53. The molecule has 2 N–H and O–H groups in total. The van der Waals surface area contributed by atoms with Crippen molar-refractivity contribution in [1.29, 1.82) is 0 Å². The van der Waals surface area contributed by atoms with Crippen molar-refractivity contribution in [3.8, 4) is 11.5 Å². The summed E-state index contributed by atoms with van der Waals surface area (Å²) in [7, 11) is 4.99. The van der Waals surface area contributed by atoms with Gasteiger partial charge in [0.25, 0.3) is 0 Å². The van der Waals surface area contributed by atoms with E-state index in [4.69, 9.17) is 19.9 Å². The molecule has 0 bridgehead atoms. The van der Waals surface area contributed by atoms with E-state index in [0.29, 0.717) is 6.61 Å². The fourth-order valence-corrected chi connectivity index (χ4v) is 2.20. The lowest BCUT2D eigenvalue weighted by molar-refractivity contribution is 0.184. The zero-order valence-electron chi connectivity index (χ0n) is 11.3. The van der Waals surface area contributed by atoms with Gasteiger partial charge in [0.2, 0.25) is 0 Å². The number of ether oxygens (including phenoxy) is 3. The van der Waals surface area contributed by atoms with E-state index in [-0.39, 0.29) is 5.54 Å². The summed E-state index contributed by atoms with van der Waals surface area (Å²) >= 11 is 0. The molecule has 1 fully saturated rings. The second kappa shape index (κ2) is 5.16. The van der Waals surface area contributed by atoms with Gasteiger partial charge in [0.1, 0.15) is 0 Å². The van der Waals surface area contributed by atoms with Gasteiger partial charge in [0, 0.05) is 18.2 Å². The normalized spacial score (nSPS) is 16.4. The molecule has 4 heteroatoms. The number of rotatable bonds is 6. The van der Waals surface area contributed by atoms with Crippen LogP contribution in [0.2, 0.25) is 0 Å². The molecule has 1 aliphatic rings. The van der Waals surface area contributed by atoms with Gasteiger partial charge in [0.05, 0.1) is 20.8 Å². The van der Waals surface area contributed by atoms with Gasteiger partial charge in [-0.1, -0.05) is 0 Å². The largest absolute Gasteiger partial charge is 0.493 e. The summed E-state index contributed by atoms with van der Waals surface area (Å²) in [4.78, 5) is 0. The maximum absolute atomic E-state index is 6.19. The van der Waals surface area contributed by atoms with E-state index >= 15 is 0 Å². The van der Waals surface area contributed by atoms with Gasteiger partial charge in [0.15, 0.2) is 11.5 Å². The monoisotopic (exact) mass is 251 g/mol. The van der Waals surface area contributed by atoms with Crippen LogP contribution in [0.15, 0.2) is 12.1 Å². The molecule has 1 aromatic rings. The predicted octanol–water partition coefficient (Wildman–Crippen LogP) is 1.88. The molecule has 0 radical (unpaired) electrons. The molecule has 0 aliphatic heterocycles. The average molecular weight is 251 g/mol. The number of methoxy groups -OCH3 is 3. The van der Waals surface area contributed by atoms with E-state index in [9.17, 15) is 0 Å². The molecular formula is C14H21NO3. The molecule has 2 rings (SSSR count). The summed E-state index contributed by atoms with van der Waals surface area (Å²) in [6.45, 7) is 0.560. The van der Waals surface area contributed by atoms with E-state index < -0.39 is 0 Å². The fraction of sp³-hybridized carbons (Fsp3) is 0.571. The van der Waals surface area contributed by atoms with Crippen molar-refractivity contribution in [2.24, 2.45) is 5.73 Å². The minimum absolute atomic E-state index is 0.0516. The molecule has 1 aliphatic carbocycles. The zero-order valence-corrected chi connectivity index (χ0v) is 11.3. The van der Waals surface area contributed by atoms with Crippen molar-refractivity contribution in [3.05, 3.63) is 23.3 Å². The third kappa shape index (κ3) is 2.76. The Morgan fingerprint density at radius 2 is 1.89 bits per heavy atom. The zero-order chi connectivity index (χ0) is 13.2. The third-order valence-corrected chi connectivity index (χ3v) is 3.36. The maximum atomic E-state index is 6.19. The molecule has 1 saturated carbocycles. The van der Waals surface area contributed by atoms with Crippen molar-refractivity contribution < 1.29 is 14.2 Å². The highest BCUT2D eigenvalue weighted by Crippen LogP contribution is 2.41. The highest BCUT2D eigenvalue weighted by Gasteiger charge is 2.39. The first-order chi connectivity index (χ1) is 8.61. The SMILES string of the molecule is COCc1cc(CC2(N)CC2)c(OC)c(OC)c1. The smallest absolute Gasteiger partial charge is 0.163 e. The topological polar surface area (TPSA) is 53.7 Å². The Kier molecular flexibility index (Phi) is 3.78. The second-order valence-corrected chi connectivity index (χ2v) is 4.96. The summed E-state index contributed by atoms with van der Waals surface area (Å²) in [5, 5.41) is 0. The van der Waals surface area contributed by atoms with Crippen LogP contribution in [0.4, 0.5) is 0 Å². The summed E-state index contributed by atoms with van der Waals surface area (Å²) in [6.07, 6.45) is 2.98. The van der Waals surface area contributed by atoms with Crippen LogP contribution in [0, 0.1) is 0 Å². The second-order valence-electron chi connectivity index (χ2n) is 4.96. The van der Waals surface area contributed by atoms with Gasteiger partial charge in [-0.25, -0.2) is 0 Å². The third-order valence-electron chi connectivity index (χ3n) is 3.36. The summed E-state index contributed by atoms with van der Waals surface area (Å²) in [5.41, 5.74) is 8.32. The van der Waals surface area contributed by atoms with Crippen LogP contribution >= 0.6 is 0 Å². The number of hydrogen-bond acceptors (Lipinski definition) is 4. The Balaban J connectivity index is 2.35. The van der Waals surface area contributed by atoms with Gasteiger partial charge in [-0.15, -0.1) is 0 Å². The molecule has 0 amide bonds. The van der Waals surface area contributed by atoms with Gasteiger partial charge < -0.3 is 19.9 Å². The van der Waals surface area contributed by atoms with E-state index in [1.165, 1.54) is 0 Å². The van der Waals surface area contributed by atoms with Crippen molar-refractivity contribution in [2.45, 2.75) is 31.4 Å². The number of benzene rings is 1. The molecule has 0 saturated heterocycles. The molecule has 0 heterocycles. The van der Waals surface area contributed by atoms with Crippen molar-refractivity contribution in [3.63, 3.8) is 0 Å². The van der Waals surface area contributed by atoms with Gasteiger partial charge >= 0.3 is 0 Å². The standard InChI is InChI=1S/C14H21NO3/c1-16-9-10-6-11(8-14(15)4-5-14)13(18-3)12(7-10)17-2/h6-7H,4-5,8-9,15H2,1-3H3. The molecule has 100 valence electrons. The Morgan fingerprint density at radius 3 is 2.39 bits per heavy atom. The first kappa shape index (κ1) is 13.2. The van der Waals surface area contributed by atoms with Crippen LogP contribution in [0.1, 0.15) is 24.0 Å². The van der Waals surface area contributed by atoms with Crippen LogP contribution in [0.25, 0.3) is 0 Å². The molecule has 0 atom stereocenters.